The van der Waals surface area contributed by atoms with Crippen molar-refractivity contribution < 1.29 is 22.8 Å². The molecule has 3 unspecified atom stereocenters. The summed E-state index contributed by atoms with van der Waals surface area (Å²) in [6, 6.07) is 11.7. The van der Waals surface area contributed by atoms with Crippen molar-refractivity contribution in [2.75, 3.05) is 0 Å². The topological polar surface area (TPSA) is 71.1 Å². The van der Waals surface area contributed by atoms with E-state index in [1.807, 2.05) is 11.4 Å². The Bertz CT molecular complexity index is 861. The maximum Gasteiger partial charge on any atom is 0.408 e. The maximum absolute atomic E-state index is 12.8. The van der Waals surface area contributed by atoms with Gasteiger partial charge in [-0.2, -0.15) is 13.2 Å². The Balaban J connectivity index is 1.80. The van der Waals surface area contributed by atoms with Crippen molar-refractivity contribution in [3.63, 3.8) is 0 Å². The molecule has 0 aliphatic carbocycles. The van der Waals surface area contributed by atoms with Gasteiger partial charge in [0.25, 0.3) is 0 Å². The number of rotatable bonds is 4. The first-order valence-corrected chi connectivity index (χ1v) is 9.40. The van der Waals surface area contributed by atoms with Crippen LogP contribution in [-0.4, -0.2) is 29.0 Å². The van der Waals surface area contributed by atoms with Gasteiger partial charge in [0.15, 0.2) is 0 Å². The van der Waals surface area contributed by atoms with Crippen LogP contribution < -0.4 is 10.6 Å². The van der Waals surface area contributed by atoms with Crippen molar-refractivity contribution >= 4 is 27.7 Å². The Labute approximate surface area is 167 Å². The standard InChI is InChI=1S/C19H17BrF3N3O2/c20-15-8-4-7-13(24-15)16(11-5-2-1-3-6-11)26-18(28)12-9-10-14(19(21,22)23)25-17(12)27/h1-8,12,14,16H,9-10H2,(H,25,27)(H,26,28). The van der Waals surface area contributed by atoms with E-state index in [9.17, 15) is 22.8 Å². The quantitative estimate of drug-likeness (QED) is 0.547. The molecule has 1 aliphatic heterocycles. The fourth-order valence-electron chi connectivity index (χ4n) is 3.11. The predicted octanol–water partition coefficient (Wildman–Crippen LogP) is 3.51. The minimum absolute atomic E-state index is 0.171. The molecule has 2 heterocycles. The molecule has 1 aliphatic rings. The summed E-state index contributed by atoms with van der Waals surface area (Å²) in [4.78, 5) is 29.2. The van der Waals surface area contributed by atoms with Crippen molar-refractivity contribution in [1.29, 1.82) is 0 Å². The number of aromatic nitrogens is 1. The van der Waals surface area contributed by atoms with E-state index in [1.54, 1.807) is 42.5 Å². The first kappa shape index (κ1) is 20.3. The van der Waals surface area contributed by atoms with Crippen LogP contribution >= 0.6 is 15.9 Å². The van der Waals surface area contributed by atoms with Crippen LogP contribution in [0.1, 0.15) is 30.1 Å². The molecule has 1 aromatic heterocycles. The molecule has 0 radical (unpaired) electrons. The summed E-state index contributed by atoms with van der Waals surface area (Å²) in [7, 11) is 0. The molecule has 2 N–H and O–H groups in total. The zero-order valence-corrected chi connectivity index (χ0v) is 16.1. The summed E-state index contributed by atoms with van der Waals surface area (Å²) in [5, 5.41) is 4.67. The van der Waals surface area contributed by atoms with Crippen LogP contribution in [0.4, 0.5) is 13.2 Å². The second kappa shape index (κ2) is 8.30. The highest BCUT2D eigenvalue weighted by atomic mass is 79.9. The summed E-state index contributed by atoms with van der Waals surface area (Å²) in [5.41, 5.74) is 1.28. The molecule has 0 bridgehead atoms. The van der Waals surface area contributed by atoms with Gasteiger partial charge in [-0.3, -0.25) is 9.59 Å². The predicted molar refractivity (Wildman–Crippen MR) is 99.1 cm³/mol. The third kappa shape index (κ3) is 4.70. The summed E-state index contributed by atoms with van der Waals surface area (Å²) < 4.78 is 39.0. The lowest BCUT2D eigenvalue weighted by Gasteiger charge is -2.30. The number of benzene rings is 1. The van der Waals surface area contributed by atoms with Gasteiger partial charge in [0.2, 0.25) is 11.8 Å². The number of piperidine rings is 1. The fraction of sp³-hybridized carbons (Fsp3) is 0.316. The van der Waals surface area contributed by atoms with Crippen LogP contribution in [0.3, 0.4) is 0 Å². The Morgan fingerprint density at radius 3 is 2.46 bits per heavy atom. The summed E-state index contributed by atoms with van der Waals surface area (Å²) in [6.07, 6.45) is -5.03. The molecule has 148 valence electrons. The van der Waals surface area contributed by atoms with Crippen LogP contribution in [0.15, 0.2) is 53.1 Å². The summed E-state index contributed by atoms with van der Waals surface area (Å²) in [5.74, 6) is -2.73. The Morgan fingerprint density at radius 1 is 1.14 bits per heavy atom. The van der Waals surface area contributed by atoms with Gasteiger partial charge in [0.05, 0.1) is 11.7 Å². The average Bonchev–Trinajstić information content (AvgIpc) is 2.65. The van der Waals surface area contributed by atoms with E-state index in [-0.39, 0.29) is 12.8 Å². The highest BCUT2D eigenvalue weighted by molar-refractivity contribution is 9.10. The number of halogens is 4. The molecule has 3 atom stereocenters. The number of pyridine rings is 1. The van der Waals surface area contributed by atoms with Crippen molar-refractivity contribution in [2.24, 2.45) is 5.92 Å². The van der Waals surface area contributed by atoms with Crippen LogP contribution in [0.25, 0.3) is 0 Å². The molecule has 2 amide bonds. The monoisotopic (exact) mass is 455 g/mol. The van der Waals surface area contributed by atoms with Gasteiger partial charge in [-0.1, -0.05) is 36.4 Å². The highest BCUT2D eigenvalue weighted by Crippen LogP contribution is 2.29. The third-order valence-electron chi connectivity index (χ3n) is 4.54. The third-order valence-corrected chi connectivity index (χ3v) is 4.98. The maximum atomic E-state index is 12.8. The van der Waals surface area contributed by atoms with Crippen LogP contribution in [-0.2, 0) is 9.59 Å². The summed E-state index contributed by atoms with van der Waals surface area (Å²) >= 11 is 3.29. The van der Waals surface area contributed by atoms with Crippen molar-refractivity contribution in [2.45, 2.75) is 31.1 Å². The second-order valence-electron chi connectivity index (χ2n) is 6.47. The zero-order valence-electron chi connectivity index (χ0n) is 14.5. The number of hydrogen-bond acceptors (Lipinski definition) is 3. The number of nitrogens with zero attached hydrogens (tertiary/aromatic N) is 1. The molecule has 5 nitrogen and oxygen atoms in total. The SMILES string of the molecule is O=C(NC(c1ccccc1)c1cccc(Br)n1)C1CCC(C(F)(F)F)NC1=O. The Morgan fingerprint density at radius 2 is 1.86 bits per heavy atom. The molecular formula is C19H17BrF3N3O2. The molecule has 3 rings (SSSR count). The van der Waals surface area contributed by atoms with E-state index in [4.69, 9.17) is 0 Å². The number of alkyl halides is 3. The molecule has 0 saturated carbocycles. The van der Waals surface area contributed by atoms with Gasteiger partial charge in [-0.05, 0) is 46.5 Å². The zero-order chi connectivity index (χ0) is 20.3. The number of carbonyl (C=O) groups excluding carboxylic acids is 2. The van der Waals surface area contributed by atoms with E-state index in [1.165, 1.54) is 0 Å². The van der Waals surface area contributed by atoms with E-state index < -0.39 is 36.0 Å². The van der Waals surface area contributed by atoms with Crippen LogP contribution in [0, 0.1) is 5.92 Å². The van der Waals surface area contributed by atoms with Crippen molar-refractivity contribution in [1.82, 2.24) is 15.6 Å². The second-order valence-corrected chi connectivity index (χ2v) is 7.28. The Kier molecular flexibility index (Phi) is 6.02. The number of nitrogens with one attached hydrogen (secondary N) is 2. The normalized spacial score (nSPS) is 20.9. The van der Waals surface area contributed by atoms with Gasteiger partial charge in [-0.15, -0.1) is 0 Å². The Hall–Kier alpha value is -2.42. The van der Waals surface area contributed by atoms with E-state index >= 15 is 0 Å². The molecular weight excluding hydrogens is 439 g/mol. The average molecular weight is 456 g/mol. The van der Waals surface area contributed by atoms with Crippen molar-refractivity contribution in [3.8, 4) is 0 Å². The largest absolute Gasteiger partial charge is 0.408 e. The first-order valence-electron chi connectivity index (χ1n) is 8.60. The van der Waals surface area contributed by atoms with E-state index in [0.717, 1.165) is 5.56 Å². The van der Waals surface area contributed by atoms with Gasteiger partial charge < -0.3 is 10.6 Å². The molecule has 1 aromatic carbocycles. The van der Waals surface area contributed by atoms with Gasteiger partial charge in [0.1, 0.15) is 16.6 Å². The molecule has 28 heavy (non-hydrogen) atoms. The lowest BCUT2D eigenvalue weighted by molar-refractivity contribution is -0.171. The lowest BCUT2D eigenvalue weighted by Crippen LogP contribution is -2.54. The highest BCUT2D eigenvalue weighted by Gasteiger charge is 2.46. The van der Waals surface area contributed by atoms with E-state index in [2.05, 4.69) is 26.2 Å². The first-order chi connectivity index (χ1) is 13.3. The minimum atomic E-state index is -4.52. The van der Waals surface area contributed by atoms with Gasteiger partial charge in [-0.25, -0.2) is 4.98 Å². The molecule has 9 heteroatoms. The summed E-state index contributed by atoms with van der Waals surface area (Å²) in [6.45, 7) is 0. The van der Waals surface area contributed by atoms with Gasteiger partial charge in [0, 0.05) is 0 Å². The number of hydrogen-bond donors (Lipinski definition) is 2. The number of amides is 2. The minimum Gasteiger partial charge on any atom is -0.344 e. The van der Waals surface area contributed by atoms with Crippen molar-refractivity contribution in [3.05, 3.63) is 64.4 Å². The molecule has 2 aromatic rings. The smallest absolute Gasteiger partial charge is 0.344 e. The lowest BCUT2D eigenvalue weighted by atomic mass is 9.92. The molecule has 0 spiro atoms. The fourth-order valence-corrected chi connectivity index (χ4v) is 3.46. The number of carbonyl (C=O) groups is 2. The van der Waals surface area contributed by atoms with Crippen LogP contribution in [0.2, 0.25) is 0 Å². The van der Waals surface area contributed by atoms with Crippen LogP contribution in [0.5, 0.6) is 0 Å². The van der Waals surface area contributed by atoms with E-state index in [0.29, 0.717) is 10.3 Å². The molecule has 1 saturated heterocycles. The van der Waals surface area contributed by atoms with Gasteiger partial charge >= 0.3 is 6.18 Å². The molecule has 1 fully saturated rings.